The predicted molar refractivity (Wildman–Crippen MR) is 65.8 cm³/mol. The number of hydrogen-bond donors (Lipinski definition) is 1. The van der Waals surface area contributed by atoms with E-state index >= 15 is 0 Å². The number of nitrogens with one attached hydrogen (secondary N) is 1. The molecule has 0 aliphatic carbocycles. The summed E-state index contributed by atoms with van der Waals surface area (Å²) < 4.78 is 1.71. The van der Waals surface area contributed by atoms with Crippen LogP contribution in [0, 0.1) is 5.41 Å². The number of amides is 1. The van der Waals surface area contributed by atoms with E-state index in [0.29, 0.717) is 18.4 Å². The van der Waals surface area contributed by atoms with E-state index in [9.17, 15) is 4.79 Å². The summed E-state index contributed by atoms with van der Waals surface area (Å²) in [5.74, 6) is 0.245. The van der Waals surface area contributed by atoms with Crippen molar-refractivity contribution in [2.24, 2.45) is 5.41 Å². The zero-order valence-electron chi connectivity index (χ0n) is 10.5. The molecule has 6 heteroatoms. The summed E-state index contributed by atoms with van der Waals surface area (Å²) >= 11 is 0. The highest BCUT2D eigenvalue weighted by atomic mass is 16.2. The molecule has 2 fully saturated rings. The van der Waals surface area contributed by atoms with Crippen LogP contribution < -0.4 is 5.32 Å². The van der Waals surface area contributed by atoms with Crippen LogP contribution in [0.3, 0.4) is 0 Å². The van der Waals surface area contributed by atoms with Gasteiger partial charge in [0, 0.05) is 37.7 Å². The molecule has 3 heterocycles. The van der Waals surface area contributed by atoms with E-state index < -0.39 is 0 Å². The SMILES string of the molecule is O=C(CCn1ccnn1)N1CCC2(CCNC2)C1. The summed E-state index contributed by atoms with van der Waals surface area (Å²) in [5.41, 5.74) is 0.364. The fourth-order valence-electron chi connectivity index (χ4n) is 3.01. The Morgan fingerprint density at radius 1 is 1.44 bits per heavy atom. The number of aromatic nitrogens is 3. The minimum Gasteiger partial charge on any atom is -0.342 e. The number of nitrogens with zero attached hydrogens (tertiary/aromatic N) is 4. The molecule has 2 saturated heterocycles. The Morgan fingerprint density at radius 2 is 2.39 bits per heavy atom. The van der Waals surface area contributed by atoms with Gasteiger partial charge >= 0.3 is 0 Å². The fourth-order valence-corrected chi connectivity index (χ4v) is 3.01. The van der Waals surface area contributed by atoms with E-state index in [1.807, 2.05) is 4.90 Å². The maximum Gasteiger partial charge on any atom is 0.224 e. The Kier molecular flexibility index (Phi) is 3.03. The second-order valence-corrected chi connectivity index (χ2v) is 5.41. The average Bonchev–Trinajstić information content (AvgIpc) is 3.10. The van der Waals surface area contributed by atoms with Crippen LogP contribution in [0.25, 0.3) is 0 Å². The van der Waals surface area contributed by atoms with Crippen molar-refractivity contribution in [3.05, 3.63) is 12.4 Å². The van der Waals surface area contributed by atoms with E-state index in [0.717, 1.165) is 32.6 Å². The molecule has 1 amide bonds. The first-order valence-electron chi connectivity index (χ1n) is 6.60. The zero-order valence-corrected chi connectivity index (χ0v) is 10.5. The van der Waals surface area contributed by atoms with Gasteiger partial charge in [0.2, 0.25) is 5.91 Å². The largest absolute Gasteiger partial charge is 0.342 e. The van der Waals surface area contributed by atoms with Crippen LogP contribution in [0.1, 0.15) is 19.3 Å². The maximum absolute atomic E-state index is 12.1. The Balaban J connectivity index is 1.51. The summed E-state index contributed by atoms with van der Waals surface area (Å²) in [4.78, 5) is 14.1. The minimum absolute atomic E-state index is 0.245. The summed E-state index contributed by atoms with van der Waals surface area (Å²) in [6.45, 7) is 4.63. The van der Waals surface area contributed by atoms with Crippen molar-refractivity contribution in [1.29, 1.82) is 0 Å². The van der Waals surface area contributed by atoms with Gasteiger partial charge in [-0.15, -0.1) is 5.10 Å². The number of aryl methyl sites for hydroxylation is 1. The number of hydrogen-bond acceptors (Lipinski definition) is 4. The lowest BCUT2D eigenvalue weighted by molar-refractivity contribution is -0.130. The average molecular weight is 249 g/mol. The van der Waals surface area contributed by atoms with Crippen molar-refractivity contribution in [3.63, 3.8) is 0 Å². The van der Waals surface area contributed by atoms with Crippen molar-refractivity contribution < 1.29 is 4.79 Å². The maximum atomic E-state index is 12.1. The van der Waals surface area contributed by atoms with Gasteiger partial charge in [0.15, 0.2) is 0 Å². The van der Waals surface area contributed by atoms with E-state index in [4.69, 9.17) is 0 Å². The Hall–Kier alpha value is -1.43. The molecular weight excluding hydrogens is 230 g/mol. The van der Waals surface area contributed by atoms with Crippen molar-refractivity contribution in [2.75, 3.05) is 26.2 Å². The lowest BCUT2D eigenvalue weighted by Gasteiger charge is -2.22. The molecular formula is C12H19N5O. The number of carbonyl (C=O) groups is 1. The van der Waals surface area contributed by atoms with Gasteiger partial charge in [0.1, 0.15) is 0 Å². The third-order valence-corrected chi connectivity index (χ3v) is 4.15. The predicted octanol–water partition coefficient (Wildman–Crippen LogP) is -0.120. The van der Waals surface area contributed by atoms with Gasteiger partial charge in [-0.3, -0.25) is 9.48 Å². The van der Waals surface area contributed by atoms with Crippen molar-refractivity contribution in [2.45, 2.75) is 25.8 Å². The lowest BCUT2D eigenvalue weighted by atomic mass is 9.87. The molecule has 98 valence electrons. The highest BCUT2D eigenvalue weighted by Crippen LogP contribution is 2.36. The van der Waals surface area contributed by atoms with E-state index in [1.165, 1.54) is 6.42 Å². The summed E-state index contributed by atoms with van der Waals surface area (Å²) in [5, 5.41) is 11.0. The van der Waals surface area contributed by atoms with Crippen LogP contribution in [0.4, 0.5) is 0 Å². The smallest absolute Gasteiger partial charge is 0.224 e. The highest BCUT2D eigenvalue weighted by molar-refractivity contribution is 5.76. The van der Waals surface area contributed by atoms with Crippen molar-refractivity contribution in [3.8, 4) is 0 Å². The standard InChI is InChI=1S/C12H19N5O/c18-11(1-6-17-8-5-14-15-17)16-7-3-12(10-16)2-4-13-9-12/h5,8,13H,1-4,6-7,9-10H2. The highest BCUT2D eigenvalue weighted by Gasteiger charge is 2.41. The fraction of sp³-hybridized carbons (Fsp3) is 0.750. The molecule has 1 N–H and O–H groups in total. The Bertz CT molecular complexity index is 410. The van der Waals surface area contributed by atoms with Crippen LogP contribution >= 0.6 is 0 Å². The second kappa shape index (κ2) is 4.68. The third kappa shape index (κ3) is 2.25. The molecule has 1 atom stereocenters. The first kappa shape index (κ1) is 11.6. The number of likely N-dealkylation sites (tertiary alicyclic amines) is 1. The van der Waals surface area contributed by atoms with Gasteiger partial charge in [0.05, 0.1) is 12.7 Å². The van der Waals surface area contributed by atoms with E-state index in [1.54, 1.807) is 17.1 Å². The van der Waals surface area contributed by atoms with Gasteiger partial charge < -0.3 is 10.2 Å². The zero-order chi connectivity index (χ0) is 12.4. The molecule has 2 aliphatic rings. The number of carbonyl (C=O) groups excluding carboxylic acids is 1. The molecule has 0 saturated carbocycles. The molecule has 1 aromatic rings. The molecule has 0 aromatic carbocycles. The Labute approximate surface area is 106 Å². The molecule has 1 spiro atoms. The molecule has 0 radical (unpaired) electrons. The van der Waals surface area contributed by atoms with Gasteiger partial charge in [-0.25, -0.2) is 0 Å². The molecule has 2 aliphatic heterocycles. The Morgan fingerprint density at radius 3 is 3.11 bits per heavy atom. The first-order valence-corrected chi connectivity index (χ1v) is 6.60. The summed E-state index contributed by atoms with van der Waals surface area (Å²) in [6.07, 6.45) is 6.31. The normalized spacial score (nSPS) is 27.2. The second-order valence-electron chi connectivity index (χ2n) is 5.41. The topological polar surface area (TPSA) is 63.1 Å². The van der Waals surface area contributed by atoms with Crippen LogP contribution in [0.15, 0.2) is 12.4 Å². The van der Waals surface area contributed by atoms with Gasteiger partial charge in [-0.1, -0.05) is 5.21 Å². The summed E-state index contributed by atoms with van der Waals surface area (Å²) in [6, 6.07) is 0. The van der Waals surface area contributed by atoms with Gasteiger partial charge in [-0.2, -0.15) is 0 Å². The molecule has 3 rings (SSSR count). The van der Waals surface area contributed by atoms with Crippen molar-refractivity contribution >= 4 is 5.91 Å². The van der Waals surface area contributed by atoms with Crippen LogP contribution in [0.5, 0.6) is 0 Å². The molecule has 18 heavy (non-hydrogen) atoms. The van der Waals surface area contributed by atoms with E-state index in [2.05, 4.69) is 15.6 Å². The minimum atomic E-state index is 0.245. The van der Waals surface area contributed by atoms with Crippen LogP contribution in [-0.4, -0.2) is 52.0 Å². The first-order chi connectivity index (χ1) is 8.77. The monoisotopic (exact) mass is 249 g/mol. The van der Waals surface area contributed by atoms with Crippen molar-refractivity contribution in [1.82, 2.24) is 25.2 Å². The lowest BCUT2D eigenvalue weighted by Crippen LogP contribution is -2.33. The molecule has 1 unspecified atom stereocenters. The molecule has 0 bridgehead atoms. The van der Waals surface area contributed by atoms with Gasteiger partial charge in [0.25, 0.3) is 0 Å². The van der Waals surface area contributed by atoms with Gasteiger partial charge in [-0.05, 0) is 19.4 Å². The molecule has 6 nitrogen and oxygen atoms in total. The van der Waals surface area contributed by atoms with Crippen LogP contribution in [-0.2, 0) is 11.3 Å². The molecule has 1 aromatic heterocycles. The third-order valence-electron chi connectivity index (χ3n) is 4.15. The quantitative estimate of drug-likeness (QED) is 0.811. The summed E-state index contributed by atoms with van der Waals surface area (Å²) in [7, 11) is 0. The number of rotatable bonds is 3. The van der Waals surface area contributed by atoms with E-state index in [-0.39, 0.29) is 5.91 Å². The van der Waals surface area contributed by atoms with Crippen LogP contribution in [0.2, 0.25) is 0 Å².